The third-order valence-electron chi connectivity index (χ3n) is 5.65. The lowest BCUT2D eigenvalue weighted by atomic mass is 10.1. The second-order valence-corrected chi connectivity index (χ2v) is 7.73. The van der Waals surface area contributed by atoms with E-state index in [0.29, 0.717) is 17.3 Å². The number of aromatic amines is 1. The van der Waals surface area contributed by atoms with Gasteiger partial charge < -0.3 is 4.74 Å². The maximum atomic E-state index is 14.7. The molecule has 4 rings (SSSR count). The van der Waals surface area contributed by atoms with E-state index in [1.807, 2.05) is 6.92 Å². The van der Waals surface area contributed by atoms with E-state index in [2.05, 4.69) is 15.6 Å². The Morgan fingerprint density at radius 1 is 1.33 bits per heavy atom. The highest BCUT2D eigenvalue weighted by Gasteiger charge is 2.47. The van der Waals surface area contributed by atoms with Gasteiger partial charge in [-0.25, -0.2) is 24.4 Å². The molecule has 0 saturated heterocycles. The highest BCUT2D eigenvalue weighted by Crippen LogP contribution is 2.42. The van der Waals surface area contributed by atoms with Crippen LogP contribution in [0.5, 0.6) is 5.75 Å². The quantitative estimate of drug-likeness (QED) is 0.627. The summed E-state index contributed by atoms with van der Waals surface area (Å²) in [6, 6.07) is 2.18. The Kier molecular flexibility index (Phi) is 4.93. The van der Waals surface area contributed by atoms with E-state index < -0.39 is 28.7 Å². The molecule has 0 bridgehead atoms. The zero-order valence-corrected chi connectivity index (χ0v) is 17.1. The predicted octanol–water partition coefficient (Wildman–Crippen LogP) is 3.67. The number of halogens is 2. The minimum Gasteiger partial charge on any atom is -0.494 e. The third kappa shape index (κ3) is 3.28. The molecule has 0 radical (unpaired) electrons. The molecule has 1 atom stereocenters. The molecule has 2 heterocycles. The Bertz CT molecular complexity index is 1050. The van der Waals surface area contributed by atoms with Crippen molar-refractivity contribution < 1.29 is 22.9 Å². The van der Waals surface area contributed by atoms with Crippen LogP contribution in [0.25, 0.3) is 5.70 Å². The van der Waals surface area contributed by atoms with Crippen LogP contribution in [0.4, 0.5) is 8.78 Å². The zero-order valence-electron chi connectivity index (χ0n) is 17.1. The van der Waals surface area contributed by atoms with Crippen molar-refractivity contribution in [3.63, 3.8) is 0 Å². The lowest BCUT2D eigenvalue weighted by molar-refractivity contribution is -0.812. The number of rotatable bonds is 6. The fourth-order valence-electron chi connectivity index (χ4n) is 3.81. The maximum Gasteiger partial charge on any atom is 0.341 e. The number of nitrogens with zero attached hydrogens (tertiary/aromatic N) is 2. The van der Waals surface area contributed by atoms with Gasteiger partial charge in [0.05, 0.1) is 25.2 Å². The second kappa shape index (κ2) is 7.32. The van der Waals surface area contributed by atoms with Crippen molar-refractivity contribution in [1.29, 1.82) is 5.41 Å². The number of quaternary nitrogens is 1. The van der Waals surface area contributed by atoms with E-state index in [4.69, 9.17) is 10.1 Å². The van der Waals surface area contributed by atoms with Gasteiger partial charge >= 0.3 is 5.91 Å². The van der Waals surface area contributed by atoms with Crippen molar-refractivity contribution in [2.24, 2.45) is 0 Å². The highest BCUT2D eigenvalue weighted by atomic mass is 19.1. The third-order valence-corrected chi connectivity index (χ3v) is 5.65. The van der Waals surface area contributed by atoms with Crippen molar-refractivity contribution in [1.82, 2.24) is 15.6 Å². The average Bonchev–Trinajstić information content (AvgIpc) is 3.36. The largest absolute Gasteiger partial charge is 0.494 e. The first kappa shape index (κ1) is 20.2. The Labute approximate surface area is 172 Å². The number of carbonyl (C=O) groups is 1. The van der Waals surface area contributed by atoms with Crippen LogP contribution in [-0.4, -0.2) is 33.1 Å². The van der Waals surface area contributed by atoms with Crippen molar-refractivity contribution >= 4 is 17.4 Å². The topological polar surface area (TPSA) is 90.9 Å². The minimum atomic E-state index is -0.827. The van der Waals surface area contributed by atoms with Crippen LogP contribution < -0.4 is 10.2 Å². The van der Waals surface area contributed by atoms with E-state index >= 15 is 0 Å². The number of benzene rings is 1. The molecule has 3 N–H and O–H groups in total. The van der Waals surface area contributed by atoms with E-state index in [0.717, 1.165) is 36.2 Å². The SMILES string of the molecule is CCOc1cc(F)c(C[N+]2(C(C)=O)NC(c3n[nH]c(C4CC4)c3C)=CC2=N)c(F)c1. The first-order valence-electron chi connectivity index (χ1n) is 9.91. The molecule has 2 aromatic rings. The summed E-state index contributed by atoms with van der Waals surface area (Å²) in [5.74, 6) is -1.69. The Morgan fingerprint density at radius 3 is 2.57 bits per heavy atom. The number of hydrogen-bond acceptors (Lipinski definition) is 5. The molecule has 1 fully saturated rings. The first-order valence-corrected chi connectivity index (χ1v) is 9.91. The number of hydrogen-bond donors (Lipinski definition) is 3. The van der Waals surface area contributed by atoms with Gasteiger partial charge in [-0.15, -0.1) is 4.59 Å². The molecule has 30 heavy (non-hydrogen) atoms. The molecule has 9 heteroatoms. The second-order valence-electron chi connectivity index (χ2n) is 7.73. The number of carbonyl (C=O) groups excluding carboxylic acids is 1. The number of ether oxygens (including phenoxy) is 1. The van der Waals surface area contributed by atoms with Crippen LogP contribution >= 0.6 is 0 Å². The number of H-pyrrole nitrogens is 1. The summed E-state index contributed by atoms with van der Waals surface area (Å²) in [6.45, 7) is 4.82. The fourth-order valence-corrected chi connectivity index (χ4v) is 3.81. The molecule has 1 amide bonds. The summed E-state index contributed by atoms with van der Waals surface area (Å²) < 4.78 is 33.8. The monoisotopic (exact) mass is 416 g/mol. The Balaban J connectivity index is 1.66. The van der Waals surface area contributed by atoms with Gasteiger partial charge in [0.2, 0.25) is 0 Å². The summed E-state index contributed by atoms with van der Waals surface area (Å²) in [5.41, 5.74) is 5.79. The number of nitrogens with one attached hydrogen (secondary N) is 3. The number of aromatic nitrogens is 2. The van der Waals surface area contributed by atoms with E-state index in [9.17, 15) is 13.6 Å². The van der Waals surface area contributed by atoms with Crippen molar-refractivity contribution in [3.8, 4) is 5.75 Å². The van der Waals surface area contributed by atoms with E-state index in [1.54, 1.807) is 6.92 Å². The molecule has 2 aliphatic rings. The Hall–Kier alpha value is -3.07. The molecule has 1 unspecified atom stereocenters. The molecule has 7 nitrogen and oxygen atoms in total. The zero-order chi connectivity index (χ0) is 21.6. The van der Waals surface area contributed by atoms with Crippen LogP contribution in [0.3, 0.4) is 0 Å². The highest BCUT2D eigenvalue weighted by molar-refractivity contribution is 6.00. The lowest BCUT2D eigenvalue weighted by Crippen LogP contribution is -2.59. The molecule has 1 aliphatic carbocycles. The molecule has 0 spiro atoms. The van der Waals surface area contributed by atoms with Gasteiger partial charge in [-0.3, -0.25) is 5.10 Å². The molecule has 1 aromatic heterocycles. The van der Waals surface area contributed by atoms with Crippen molar-refractivity contribution in [3.05, 3.63) is 52.4 Å². The number of amidine groups is 1. The lowest BCUT2D eigenvalue weighted by Gasteiger charge is -2.29. The molecular formula is C21H24F2N5O2+. The molecule has 1 aliphatic heterocycles. The smallest absolute Gasteiger partial charge is 0.341 e. The van der Waals surface area contributed by atoms with Gasteiger partial charge in [0.25, 0.3) is 5.84 Å². The van der Waals surface area contributed by atoms with E-state index in [1.165, 1.54) is 13.0 Å². The van der Waals surface area contributed by atoms with Gasteiger partial charge in [0.1, 0.15) is 35.3 Å². The first-order chi connectivity index (χ1) is 14.3. The number of amides is 1. The van der Waals surface area contributed by atoms with Crippen LogP contribution in [-0.2, 0) is 11.3 Å². The van der Waals surface area contributed by atoms with Crippen LogP contribution in [0.15, 0.2) is 18.2 Å². The van der Waals surface area contributed by atoms with Crippen molar-refractivity contribution in [2.45, 2.75) is 46.1 Å². The normalized spacial score (nSPS) is 20.8. The Morgan fingerprint density at radius 2 is 2.00 bits per heavy atom. The van der Waals surface area contributed by atoms with Gasteiger partial charge in [0, 0.05) is 23.7 Å². The molecule has 158 valence electrons. The summed E-state index contributed by atoms with van der Waals surface area (Å²) >= 11 is 0. The van der Waals surface area contributed by atoms with Crippen LogP contribution in [0, 0.1) is 24.0 Å². The summed E-state index contributed by atoms with van der Waals surface area (Å²) in [6.07, 6.45) is 3.70. The summed E-state index contributed by atoms with van der Waals surface area (Å²) in [5, 5.41) is 15.8. The predicted molar refractivity (Wildman–Crippen MR) is 106 cm³/mol. The van der Waals surface area contributed by atoms with Crippen LogP contribution in [0.1, 0.15) is 55.1 Å². The molecule has 1 saturated carbocycles. The van der Waals surface area contributed by atoms with Gasteiger partial charge in [-0.1, -0.05) is 0 Å². The minimum absolute atomic E-state index is 0.0775. The van der Waals surface area contributed by atoms with E-state index in [-0.39, 0.29) is 23.8 Å². The fraction of sp³-hybridized carbons (Fsp3) is 0.381. The van der Waals surface area contributed by atoms with Gasteiger partial charge in [-0.05, 0) is 32.3 Å². The maximum absolute atomic E-state index is 14.7. The summed E-state index contributed by atoms with van der Waals surface area (Å²) in [4.78, 5) is 12.6. The van der Waals surface area contributed by atoms with Crippen LogP contribution in [0.2, 0.25) is 0 Å². The summed E-state index contributed by atoms with van der Waals surface area (Å²) in [7, 11) is 0. The van der Waals surface area contributed by atoms with Crippen molar-refractivity contribution in [2.75, 3.05) is 6.61 Å². The van der Waals surface area contributed by atoms with Gasteiger partial charge in [0.15, 0.2) is 0 Å². The standard InChI is InChI=1S/C21H24F2N5O2/c1-4-30-14-7-16(22)15(17(23)8-14)10-28(12(3)29)19(24)9-18(27-28)21-11(2)20(25-26-21)13-5-6-13/h7-9,13,24,27H,4-6,10H2,1-3H3,(H,25,26)/q+1. The molecule has 1 aromatic carbocycles. The molecular weight excluding hydrogens is 392 g/mol. The van der Waals surface area contributed by atoms with Gasteiger partial charge in [-0.2, -0.15) is 5.10 Å². The average molecular weight is 416 g/mol.